The Balaban J connectivity index is 2.09. The Morgan fingerprint density at radius 3 is 2.85 bits per heavy atom. The first-order valence-electron chi connectivity index (χ1n) is 5.94. The Bertz CT molecular complexity index is 797. The summed E-state index contributed by atoms with van der Waals surface area (Å²) in [6, 6.07) is 5.53. The lowest BCUT2D eigenvalue weighted by Gasteiger charge is -2.07. The van der Waals surface area contributed by atoms with E-state index < -0.39 is 0 Å². The van der Waals surface area contributed by atoms with E-state index in [9.17, 15) is 0 Å². The van der Waals surface area contributed by atoms with Gasteiger partial charge in [-0.1, -0.05) is 35.3 Å². The predicted octanol–water partition coefficient (Wildman–Crippen LogP) is 3.07. The largest absolute Gasteiger partial charge is 0.382 e. The van der Waals surface area contributed by atoms with Gasteiger partial charge in [0.1, 0.15) is 11.3 Å². The van der Waals surface area contributed by atoms with Crippen LogP contribution in [0.25, 0.3) is 11.2 Å². The summed E-state index contributed by atoms with van der Waals surface area (Å²) >= 11 is 12.2. The van der Waals surface area contributed by atoms with Crippen LogP contribution in [-0.2, 0) is 6.54 Å². The summed E-state index contributed by atoms with van der Waals surface area (Å²) in [7, 11) is 0. The number of fused-ring (bicyclic) bond motifs is 1. The van der Waals surface area contributed by atoms with Crippen LogP contribution in [0.4, 0.5) is 5.82 Å². The van der Waals surface area contributed by atoms with Gasteiger partial charge in [-0.15, -0.1) is 0 Å². The third-order valence-electron chi connectivity index (χ3n) is 2.97. The van der Waals surface area contributed by atoms with E-state index >= 15 is 0 Å². The predicted molar refractivity (Wildman–Crippen MR) is 80.0 cm³/mol. The molecule has 0 atom stereocenters. The van der Waals surface area contributed by atoms with Gasteiger partial charge in [-0.25, -0.2) is 15.0 Å². The molecule has 2 aromatic heterocycles. The molecule has 2 heterocycles. The fourth-order valence-electron chi connectivity index (χ4n) is 2.05. The molecule has 0 aliphatic carbocycles. The fourth-order valence-corrected chi connectivity index (χ4v) is 2.43. The summed E-state index contributed by atoms with van der Waals surface area (Å²) in [6.45, 7) is 2.31. The molecular formula is C13H11Cl2N5. The Labute approximate surface area is 125 Å². The molecule has 102 valence electrons. The van der Waals surface area contributed by atoms with Crippen molar-refractivity contribution in [2.45, 2.75) is 13.5 Å². The van der Waals surface area contributed by atoms with E-state index in [2.05, 4.69) is 15.0 Å². The number of hydrogen-bond donors (Lipinski definition) is 1. The first-order chi connectivity index (χ1) is 9.56. The van der Waals surface area contributed by atoms with E-state index in [-0.39, 0.29) is 0 Å². The average molecular weight is 308 g/mol. The highest BCUT2D eigenvalue weighted by molar-refractivity contribution is 6.42. The number of hydrogen-bond acceptors (Lipinski definition) is 4. The molecule has 1 aromatic carbocycles. The second kappa shape index (κ2) is 4.92. The van der Waals surface area contributed by atoms with Crippen molar-refractivity contribution >= 4 is 40.2 Å². The molecule has 0 spiro atoms. The highest BCUT2D eigenvalue weighted by Gasteiger charge is 2.11. The average Bonchev–Trinajstić information content (AvgIpc) is 2.78. The van der Waals surface area contributed by atoms with E-state index in [1.807, 2.05) is 16.7 Å². The van der Waals surface area contributed by atoms with Crippen LogP contribution >= 0.6 is 23.2 Å². The molecule has 0 amide bonds. The maximum absolute atomic E-state index is 6.20. The summed E-state index contributed by atoms with van der Waals surface area (Å²) in [6.07, 6.45) is 1.67. The van der Waals surface area contributed by atoms with Gasteiger partial charge in [0.05, 0.1) is 22.9 Å². The molecule has 0 radical (unpaired) electrons. The van der Waals surface area contributed by atoms with Crippen molar-refractivity contribution in [2.24, 2.45) is 0 Å². The molecule has 3 rings (SSSR count). The number of nitrogen functional groups attached to an aromatic ring is 1. The molecule has 0 saturated carbocycles. The first kappa shape index (κ1) is 13.1. The Hall–Kier alpha value is -1.85. The van der Waals surface area contributed by atoms with Crippen molar-refractivity contribution in [3.63, 3.8) is 0 Å². The van der Waals surface area contributed by atoms with Gasteiger partial charge in [0.25, 0.3) is 0 Å². The van der Waals surface area contributed by atoms with Crippen molar-refractivity contribution in [3.05, 3.63) is 46.0 Å². The van der Waals surface area contributed by atoms with Crippen LogP contribution in [0.15, 0.2) is 24.5 Å². The number of halogens is 2. The number of imidazole rings is 1. The maximum atomic E-state index is 6.20. The summed E-state index contributed by atoms with van der Waals surface area (Å²) in [5.74, 6) is 0.984. The molecule has 0 unspecified atom stereocenters. The van der Waals surface area contributed by atoms with Crippen LogP contribution in [0.5, 0.6) is 0 Å². The van der Waals surface area contributed by atoms with E-state index in [0.29, 0.717) is 39.4 Å². The molecule has 0 saturated heterocycles. The van der Waals surface area contributed by atoms with E-state index in [1.165, 1.54) is 0 Å². The van der Waals surface area contributed by atoms with Crippen LogP contribution in [0.1, 0.15) is 11.4 Å². The SMILES string of the molecule is Cc1nc(N)c2ncn(Cc3cccc(Cl)c3Cl)c2n1. The van der Waals surface area contributed by atoms with Crippen molar-refractivity contribution < 1.29 is 0 Å². The first-order valence-corrected chi connectivity index (χ1v) is 6.69. The lowest BCUT2D eigenvalue weighted by molar-refractivity contribution is 0.811. The van der Waals surface area contributed by atoms with Crippen molar-refractivity contribution in [2.75, 3.05) is 5.73 Å². The Morgan fingerprint density at radius 1 is 1.25 bits per heavy atom. The topological polar surface area (TPSA) is 69.6 Å². The van der Waals surface area contributed by atoms with Gasteiger partial charge in [0.2, 0.25) is 0 Å². The van der Waals surface area contributed by atoms with Gasteiger partial charge < -0.3 is 10.3 Å². The lowest BCUT2D eigenvalue weighted by Crippen LogP contribution is -2.03. The minimum Gasteiger partial charge on any atom is -0.382 e. The number of nitrogens with two attached hydrogens (primary N) is 1. The lowest BCUT2D eigenvalue weighted by atomic mass is 10.2. The second-order valence-corrected chi connectivity index (χ2v) is 5.20. The van der Waals surface area contributed by atoms with Gasteiger partial charge in [0.15, 0.2) is 11.5 Å². The molecule has 0 aliphatic rings. The monoisotopic (exact) mass is 307 g/mol. The number of anilines is 1. The van der Waals surface area contributed by atoms with Crippen LogP contribution in [0.2, 0.25) is 10.0 Å². The third kappa shape index (κ3) is 2.19. The second-order valence-electron chi connectivity index (χ2n) is 4.41. The summed E-state index contributed by atoms with van der Waals surface area (Å²) in [5.41, 5.74) is 8.02. The minimum atomic E-state index is 0.378. The van der Waals surface area contributed by atoms with E-state index in [4.69, 9.17) is 28.9 Å². The fraction of sp³-hybridized carbons (Fsp3) is 0.154. The van der Waals surface area contributed by atoms with Crippen LogP contribution in [0, 0.1) is 6.92 Å². The van der Waals surface area contributed by atoms with Crippen molar-refractivity contribution in [1.29, 1.82) is 0 Å². The molecule has 7 heteroatoms. The molecule has 0 bridgehead atoms. The quantitative estimate of drug-likeness (QED) is 0.790. The van der Waals surface area contributed by atoms with Crippen LogP contribution in [0.3, 0.4) is 0 Å². The Kier molecular flexibility index (Phi) is 3.23. The van der Waals surface area contributed by atoms with Gasteiger partial charge in [-0.2, -0.15) is 0 Å². The summed E-state index contributed by atoms with van der Waals surface area (Å²) < 4.78 is 1.87. The molecule has 0 fully saturated rings. The van der Waals surface area contributed by atoms with Crippen LogP contribution in [-0.4, -0.2) is 19.5 Å². The number of rotatable bonds is 2. The van der Waals surface area contributed by atoms with E-state index in [1.54, 1.807) is 19.3 Å². The van der Waals surface area contributed by atoms with Gasteiger partial charge >= 0.3 is 0 Å². The zero-order chi connectivity index (χ0) is 14.3. The van der Waals surface area contributed by atoms with Gasteiger partial charge in [-0.3, -0.25) is 0 Å². The Morgan fingerprint density at radius 2 is 2.05 bits per heavy atom. The number of aryl methyl sites for hydroxylation is 1. The normalized spacial score (nSPS) is 11.2. The zero-order valence-electron chi connectivity index (χ0n) is 10.6. The molecule has 5 nitrogen and oxygen atoms in total. The summed E-state index contributed by atoms with van der Waals surface area (Å²) in [5, 5.41) is 1.06. The molecular weight excluding hydrogens is 297 g/mol. The van der Waals surface area contributed by atoms with E-state index in [0.717, 1.165) is 5.56 Å². The van der Waals surface area contributed by atoms with Crippen molar-refractivity contribution in [1.82, 2.24) is 19.5 Å². The maximum Gasteiger partial charge on any atom is 0.166 e. The third-order valence-corrected chi connectivity index (χ3v) is 3.83. The molecule has 20 heavy (non-hydrogen) atoms. The highest BCUT2D eigenvalue weighted by Crippen LogP contribution is 2.27. The molecule has 3 aromatic rings. The standard InChI is InChI=1S/C13H11Cl2N5/c1-7-18-12(16)11-13(19-7)20(6-17-11)5-8-3-2-4-9(14)10(8)15/h2-4,6H,5H2,1H3,(H2,16,18,19). The number of aromatic nitrogens is 4. The minimum absolute atomic E-state index is 0.378. The highest BCUT2D eigenvalue weighted by atomic mass is 35.5. The summed E-state index contributed by atoms with van der Waals surface area (Å²) in [4.78, 5) is 12.7. The van der Waals surface area contributed by atoms with Gasteiger partial charge in [-0.05, 0) is 18.6 Å². The molecule has 2 N–H and O–H groups in total. The smallest absolute Gasteiger partial charge is 0.166 e. The van der Waals surface area contributed by atoms with Crippen molar-refractivity contribution in [3.8, 4) is 0 Å². The molecule has 0 aliphatic heterocycles. The number of benzene rings is 1. The zero-order valence-corrected chi connectivity index (χ0v) is 12.2. The van der Waals surface area contributed by atoms with Gasteiger partial charge in [0, 0.05) is 0 Å². The van der Waals surface area contributed by atoms with Crippen LogP contribution < -0.4 is 5.73 Å². The number of nitrogens with zero attached hydrogens (tertiary/aromatic N) is 4.